The van der Waals surface area contributed by atoms with Gasteiger partial charge in [0.2, 0.25) is 0 Å². The largest absolute Gasteiger partial charge is 0.351 e. The fraction of sp³-hybridized carbons (Fsp3) is 0.190. The van der Waals surface area contributed by atoms with E-state index in [9.17, 15) is 4.79 Å². The molecule has 132 valence electrons. The number of pyridine rings is 2. The van der Waals surface area contributed by atoms with E-state index >= 15 is 0 Å². The predicted molar refractivity (Wildman–Crippen MR) is 108 cm³/mol. The van der Waals surface area contributed by atoms with Crippen LogP contribution in [0.2, 0.25) is 0 Å². The van der Waals surface area contributed by atoms with E-state index in [1.807, 2.05) is 48.5 Å². The van der Waals surface area contributed by atoms with Crippen LogP contribution in [0.1, 0.15) is 30.3 Å². The number of amides is 1. The zero-order valence-corrected chi connectivity index (χ0v) is 16.2. The predicted octanol–water partition coefficient (Wildman–Crippen LogP) is 5.10. The summed E-state index contributed by atoms with van der Waals surface area (Å²) in [6, 6.07) is 17.4. The molecule has 4 nitrogen and oxygen atoms in total. The molecular weight excluding hydrogens is 390 g/mol. The maximum absolute atomic E-state index is 12.4. The van der Waals surface area contributed by atoms with Gasteiger partial charge in [0, 0.05) is 22.8 Å². The molecule has 2 aromatic heterocycles. The first kappa shape index (κ1) is 18.3. The Bertz CT molecular complexity index is 897. The van der Waals surface area contributed by atoms with Crippen LogP contribution in [-0.2, 0) is 0 Å². The average Bonchev–Trinajstić information content (AvgIpc) is 2.68. The molecule has 5 heteroatoms. The lowest BCUT2D eigenvalue weighted by Gasteiger charge is -2.11. The van der Waals surface area contributed by atoms with Crippen LogP contribution in [0, 0.1) is 0 Å². The number of carbonyl (C=O) groups excluding carboxylic acids is 1. The van der Waals surface area contributed by atoms with E-state index in [0.717, 1.165) is 34.1 Å². The summed E-state index contributed by atoms with van der Waals surface area (Å²) in [5.74, 6) is -0.156. The molecule has 1 N–H and O–H groups in total. The van der Waals surface area contributed by atoms with Crippen molar-refractivity contribution >= 4 is 21.8 Å². The summed E-state index contributed by atoms with van der Waals surface area (Å²) < 4.78 is 0.989. The minimum atomic E-state index is -0.156. The van der Waals surface area contributed by atoms with Crippen molar-refractivity contribution in [2.75, 3.05) is 6.54 Å². The molecule has 2 heterocycles. The van der Waals surface area contributed by atoms with Crippen LogP contribution in [0.4, 0.5) is 0 Å². The number of carbonyl (C=O) groups is 1. The Morgan fingerprint density at radius 1 is 1.12 bits per heavy atom. The quantitative estimate of drug-likeness (QED) is 0.575. The molecule has 1 amide bonds. The first-order chi connectivity index (χ1) is 12.7. The lowest BCUT2D eigenvalue weighted by molar-refractivity contribution is 0.0948. The second-order valence-electron chi connectivity index (χ2n) is 5.93. The third-order valence-corrected chi connectivity index (χ3v) is 4.48. The van der Waals surface area contributed by atoms with Crippen molar-refractivity contribution in [3.63, 3.8) is 0 Å². The van der Waals surface area contributed by atoms with Crippen LogP contribution in [0.15, 0.2) is 65.3 Å². The Morgan fingerprint density at radius 3 is 2.73 bits per heavy atom. The highest BCUT2D eigenvalue weighted by atomic mass is 79.9. The van der Waals surface area contributed by atoms with Gasteiger partial charge in [0.15, 0.2) is 0 Å². The fourth-order valence-electron chi connectivity index (χ4n) is 2.64. The lowest BCUT2D eigenvalue weighted by Crippen LogP contribution is -2.25. The zero-order valence-electron chi connectivity index (χ0n) is 14.6. The Balaban J connectivity index is 2.04. The summed E-state index contributed by atoms with van der Waals surface area (Å²) in [4.78, 5) is 21.5. The lowest BCUT2D eigenvalue weighted by atomic mass is 10.0. The molecular formula is C21H20BrN3O. The first-order valence-corrected chi connectivity index (χ1v) is 9.45. The number of hydrogen-bond donors (Lipinski definition) is 1. The van der Waals surface area contributed by atoms with Gasteiger partial charge in [-0.25, -0.2) is 4.98 Å². The fourth-order valence-corrected chi connectivity index (χ4v) is 3.04. The number of unbranched alkanes of at least 4 members (excludes halogenated alkanes) is 1. The van der Waals surface area contributed by atoms with Crippen molar-refractivity contribution in [3.05, 3.63) is 71.0 Å². The second-order valence-corrected chi connectivity index (χ2v) is 6.84. The second kappa shape index (κ2) is 8.72. The molecule has 0 aliphatic carbocycles. The maximum atomic E-state index is 12.4. The average molecular weight is 410 g/mol. The normalized spacial score (nSPS) is 10.5. The molecule has 0 radical (unpaired) electrons. The van der Waals surface area contributed by atoms with E-state index in [1.165, 1.54) is 0 Å². The van der Waals surface area contributed by atoms with Crippen molar-refractivity contribution < 1.29 is 4.79 Å². The van der Waals surface area contributed by atoms with Crippen molar-refractivity contribution in [3.8, 4) is 22.5 Å². The minimum absolute atomic E-state index is 0.156. The van der Waals surface area contributed by atoms with E-state index in [-0.39, 0.29) is 5.91 Å². The third-order valence-electron chi connectivity index (χ3n) is 3.99. The van der Waals surface area contributed by atoms with E-state index in [0.29, 0.717) is 17.9 Å². The number of aromatic nitrogens is 2. The molecule has 0 bridgehead atoms. The number of benzene rings is 1. The molecule has 0 saturated heterocycles. The molecule has 3 aromatic rings. The van der Waals surface area contributed by atoms with Crippen LogP contribution in [0.25, 0.3) is 22.5 Å². The smallest absolute Gasteiger partial charge is 0.269 e. The first-order valence-electron chi connectivity index (χ1n) is 8.65. The maximum Gasteiger partial charge on any atom is 0.269 e. The van der Waals surface area contributed by atoms with Gasteiger partial charge >= 0.3 is 0 Å². The SMILES string of the molecule is CCCCNC(=O)c1ccc(-c2cccc(Br)c2)c(-c2ccccn2)n1. The van der Waals surface area contributed by atoms with Gasteiger partial charge in [0.1, 0.15) is 5.69 Å². The van der Waals surface area contributed by atoms with Gasteiger partial charge in [-0.3, -0.25) is 9.78 Å². The van der Waals surface area contributed by atoms with Gasteiger partial charge in [-0.05, 0) is 48.4 Å². The topological polar surface area (TPSA) is 54.9 Å². The van der Waals surface area contributed by atoms with Crippen LogP contribution in [0.5, 0.6) is 0 Å². The van der Waals surface area contributed by atoms with Crippen LogP contribution in [0.3, 0.4) is 0 Å². The number of nitrogens with one attached hydrogen (secondary N) is 1. The van der Waals surface area contributed by atoms with E-state index in [2.05, 4.69) is 38.1 Å². The van der Waals surface area contributed by atoms with Crippen LogP contribution < -0.4 is 5.32 Å². The Morgan fingerprint density at radius 2 is 2.00 bits per heavy atom. The Hall–Kier alpha value is -2.53. The highest BCUT2D eigenvalue weighted by molar-refractivity contribution is 9.10. The molecule has 1 aromatic carbocycles. The third kappa shape index (κ3) is 4.35. The molecule has 0 saturated carbocycles. The summed E-state index contributed by atoms with van der Waals surface area (Å²) in [5, 5.41) is 2.92. The summed E-state index contributed by atoms with van der Waals surface area (Å²) >= 11 is 3.51. The molecule has 26 heavy (non-hydrogen) atoms. The molecule has 0 fully saturated rings. The number of rotatable bonds is 6. The van der Waals surface area contributed by atoms with Crippen LogP contribution in [-0.4, -0.2) is 22.4 Å². The van der Waals surface area contributed by atoms with E-state index in [1.54, 1.807) is 12.3 Å². The summed E-state index contributed by atoms with van der Waals surface area (Å²) in [6.07, 6.45) is 3.72. The monoisotopic (exact) mass is 409 g/mol. The van der Waals surface area contributed by atoms with Gasteiger partial charge in [0.05, 0.1) is 11.4 Å². The summed E-state index contributed by atoms with van der Waals surface area (Å²) in [6.45, 7) is 2.75. The number of halogens is 1. The molecule has 3 rings (SSSR count). The number of nitrogens with zero attached hydrogens (tertiary/aromatic N) is 2. The highest BCUT2D eigenvalue weighted by Crippen LogP contribution is 2.31. The molecule has 0 aliphatic heterocycles. The van der Waals surface area contributed by atoms with E-state index in [4.69, 9.17) is 0 Å². The number of hydrogen-bond acceptors (Lipinski definition) is 3. The Labute approximate surface area is 161 Å². The summed E-state index contributed by atoms with van der Waals surface area (Å²) in [5.41, 5.74) is 3.80. The van der Waals surface area contributed by atoms with Gasteiger partial charge < -0.3 is 5.32 Å². The molecule has 0 aliphatic rings. The van der Waals surface area contributed by atoms with Crippen LogP contribution >= 0.6 is 15.9 Å². The van der Waals surface area contributed by atoms with Crippen molar-refractivity contribution in [1.82, 2.24) is 15.3 Å². The van der Waals surface area contributed by atoms with Crippen molar-refractivity contribution in [2.45, 2.75) is 19.8 Å². The van der Waals surface area contributed by atoms with Crippen molar-refractivity contribution in [1.29, 1.82) is 0 Å². The summed E-state index contributed by atoms with van der Waals surface area (Å²) in [7, 11) is 0. The van der Waals surface area contributed by atoms with Gasteiger partial charge in [-0.1, -0.05) is 47.5 Å². The molecule has 0 unspecified atom stereocenters. The van der Waals surface area contributed by atoms with Crippen molar-refractivity contribution in [2.24, 2.45) is 0 Å². The standard InChI is InChI=1S/C21H20BrN3O/c1-2-3-12-24-21(26)19-11-10-17(15-7-6-8-16(22)14-15)20(25-19)18-9-4-5-13-23-18/h4-11,13-14H,2-3,12H2,1H3,(H,24,26). The minimum Gasteiger partial charge on any atom is -0.351 e. The Kier molecular flexibility index (Phi) is 6.12. The van der Waals surface area contributed by atoms with Gasteiger partial charge in [-0.15, -0.1) is 0 Å². The molecule has 0 spiro atoms. The van der Waals surface area contributed by atoms with Gasteiger partial charge in [0.25, 0.3) is 5.91 Å². The highest BCUT2D eigenvalue weighted by Gasteiger charge is 2.15. The molecule has 0 atom stereocenters. The van der Waals surface area contributed by atoms with E-state index < -0.39 is 0 Å². The van der Waals surface area contributed by atoms with Gasteiger partial charge in [-0.2, -0.15) is 0 Å². The zero-order chi connectivity index (χ0) is 18.4.